The molecule has 114 valence electrons. The molecule has 0 amide bonds. The van der Waals surface area contributed by atoms with Crippen molar-refractivity contribution in [3.8, 4) is 11.1 Å². The molecule has 1 fully saturated rings. The highest BCUT2D eigenvalue weighted by Gasteiger charge is 2.32. The van der Waals surface area contributed by atoms with Gasteiger partial charge in [-0.1, -0.05) is 42.5 Å². The van der Waals surface area contributed by atoms with Crippen LogP contribution in [0.4, 0.5) is 0 Å². The lowest BCUT2D eigenvalue weighted by atomic mass is 9.78. The fraction of sp³-hybridized carbons (Fsp3) is 0.400. The molecular formula is C20H24N2. The molecule has 22 heavy (non-hydrogen) atoms. The Morgan fingerprint density at radius 2 is 1.50 bits per heavy atom. The van der Waals surface area contributed by atoms with Gasteiger partial charge < -0.3 is 11.5 Å². The maximum Gasteiger partial charge on any atom is 0.0227 e. The molecule has 2 aliphatic carbocycles. The third-order valence-corrected chi connectivity index (χ3v) is 5.56. The monoisotopic (exact) mass is 292 g/mol. The number of fused-ring (bicyclic) bond motifs is 3. The summed E-state index contributed by atoms with van der Waals surface area (Å²) in [5.41, 5.74) is 19.5. The highest BCUT2D eigenvalue weighted by Crippen LogP contribution is 2.48. The molecule has 0 bridgehead atoms. The fourth-order valence-corrected chi connectivity index (χ4v) is 4.44. The first-order valence-corrected chi connectivity index (χ1v) is 8.47. The van der Waals surface area contributed by atoms with E-state index in [1.807, 2.05) is 0 Å². The third-order valence-electron chi connectivity index (χ3n) is 5.56. The van der Waals surface area contributed by atoms with Crippen molar-refractivity contribution in [2.24, 2.45) is 11.5 Å². The van der Waals surface area contributed by atoms with E-state index in [1.165, 1.54) is 40.7 Å². The third kappa shape index (κ3) is 2.10. The molecule has 0 spiro atoms. The van der Waals surface area contributed by atoms with Gasteiger partial charge in [0.1, 0.15) is 0 Å². The van der Waals surface area contributed by atoms with Crippen molar-refractivity contribution in [3.63, 3.8) is 0 Å². The summed E-state index contributed by atoms with van der Waals surface area (Å²) in [5.74, 6) is 1.01. The van der Waals surface area contributed by atoms with Crippen molar-refractivity contribution < 1.29 is 0 Å². The minimum absolute atomic E-state index is 0.359. The highest BCUT2D eigenvalue weighted by molar-refractivity contribution is 5.80. The minimum Gasteiger partial charge on any atom is -0.330 e. The standard InChI is InChI=1S/C20H24N2/c21-12-19-17-5-2-1-4-16(17)18-7-3-6-15(20(18)19)13-8-10-14(22)11-9-13/h1-7,13-14,19H,8-12,21-22H2. The SMILES string of the molecule is NCC1c2ccccc2-c2cccc(C3CCC(N)CC3)c21. The first-order valence-electron chi connectivity index (χ1n) is 8.47. The molecule has 2 aliphatic rings. The summed E-state index contributed by atoms with van der Waals surface area (Å²) < 4.78 is 0. The van der Waals surface area contributed by atoms with Crippen LogP contribution in [0.25, 0.3) is 11.1 Å². The minimum atomic E-state index is 0.359. The molecule has 1 saturated carbocycles. The average molecular weight is 292 g/mol. The summed E-state index contributed by atoms with van der Waals surface area (Å²) in [5, 5.41) is 0. The van der Waals surface area contributed by atoms with Gasteiger partial charge in [0, 0.05) is 18.5 Å². The molecule has 0 radical (unpaired) electrons. The maximum absolute atomic E-state index is 6.16. The Hall–Kier alpha value is -1.64. The van der Waals surface area contributed by atoms with Gasteiger partial charge in [-0.2, -0.15) is 0 Å². The van der Waals surface area contributed by atoms with Crippen LogP contribution in [0.5, 0.6) is 0 Å². The van der Waals surface area contributed by atoms with Crippen molar-refractivity contribution >= 4 is 0 Å². The zero-order valence-corrected chi connectivity index (χ0v) is 13.0. The van der Waals surface area contributed by atoms with Crippen LogP contribution in [0.15, 0.2) is 42.5 Å². The van der Waals surface area contributed by atoms with Gasteiger partial charge in [0.2, 0.25) is 0 Å². The molecule has 4 rings (SSSR count). The van der Waals surface area contributed by atoms with E-state index in [4.69, 9.17) is 11.5 Å². The smallest absolute Gasteiger partial charge is 0.0227 e. The summed E-state index contributed by atoms with van der Waals surface area (Å²) in [7, 11) is 0. The van der Waals surface area contributed by atoms with Gasteiger partial charge >= 0.3 is 0 Å². The zero-order valence-electron chi connectivity index (χ0n) is 13.0. The Morgan fingerprint density at radius 1 is 0.818 bits per heavy atom. The molecule has 0 aliphatic heterocycles. The Labute approximate surface area is 132 Å². The summed E-state index contributed by atoms with van der Waals surface area (Å²) in [6.07, 6.45) is 4.72. The molecule has 4 N–H and O–H groups in total. The predicted octanol–water partition coefficient (Wildman–Crippen LogP) is 3.74. The quantitative estimate of drug-likeness (QED) is 0.886. The van der Waals surface area contributed by atoms with Crippen molar-refractivity contribution in [1.82, 2.24) is 0 Å². The number of nitrogens with two attached hydrogens (primary N) is 2. The molecule has 1 unspecified atom stereocenters. The first kappa shape index (κ1) is 14.0. The number of rotatable bonds is 2. The largest absolute Gasteiger partial charge is 0.330 e. The van der Waals surface area contributed by atoms with Gasteiger partial charge in [-0.25, -0.2) is 0 Å². The predicted molar refractivity (Wildman–Crippen MR) is 92.0 cm³/mol. The van der Waals surface area contributed by atoms with E-state index >= 15 is 0 Å². The summed E-state index contributed by atoms with van der Waals surface area (Å²) in [6.45, 7) is 0.688. The normalized spacial score (nSPS) is 26.5. The molecule has 1 atom stereocenters. The number of benzene rings is 2. The van der Waals surface area contributed by atoms with E-state index in [0.717, 1.165) is 12.8 Å². The summed E-state index contributed by atoms with van der Waals surface area (Å²) in [4.78, 5) is 0. The molecule has 2 aromatic rings. The lowest BCUT2D eigenvalue weighted by molar-refractivity contribution is 0.394. The van der Waals surface area contributed by atoms with Gasteiger partial charge in [-0.05, 0) is 59.4 Å². The Bertz CT molecular complexity index is 684. The van der Waals surface area contributed by atoms with Crippen molar-refractivity contribution in [2.75, 3.05) is 6.54 Å². The molecule has 2 heteroatoms. The van der Waals surface area contributed by atoms with E-state index in [1.54, 1.807) is 0 Å². The van der Waals surface area contributed by atoms with Crippen LogP contribution < -0.4 is 11.5 Å². The molecule has 2 aromatic carbocycles. The van der Waals surface area contributed by atoms with Gasteiger partial charge in [-0.15, -0.1) is 0 Å². The van der Waals surface area contributed by atoms with Crippen molar-refractivity contribution in [2.45, 2.75) is 43.6 Å². The van der Waals surface area contributed by atoms with E-state index in [0.29, 0.717) is 24.4 Å². The van der Waals surface area contributed by atoms with Gasteiger partial charge in [0.25, 0.3) is 0 Å². The van der Waals surface area contributed by atoms with Crippen LogP contribution in [-0.4, -0.2) is 12.6 Å². The maximum atomic E-state index is 6.16. The van der Waals surface area contributed by atoms with Crippen molar-refractivity contribution in [1.29, 1.82) is 0 Å². The summed E-state index contributed by atoms with van der Waals surface area (Å²) >= 11 is 0. The van der Waals surface area contributed by atoms with Crippen LogP contribution in [-0.2, 0) is 0 Å². The van der Waals surface area contributed by atoms with Gasteiger partial charge in [0.05, 0.1) is 0 Å². The van der Waals surface area contributed by atoms with Gasteiger partial charge in [-0.3, -0.25) is 0 Å². The van der Waals surface area contributed by atoms with E-state index in [9.17, 15) is 0 Å². The van der Waals surface area contributed by atoms with E-state index < -0.39 is 0 Å². The second kappa shape index (κ2) is 5.53. The summed E-state index contributed by atoms with van der Waals surface area (Å²) in [6, 6.07) is 16.0. The average Bonchev–Trinajstić information content (AvgIpc) is 2.89. The topological polar surface area (TPSA) is 52.0 Å². The Morgan fingerprint density at radius 3 is 2.27 bits per heavy atom. The number of hydrogen-bond acceptors (Lipinski definition) is 2. The molecular weight excluding hydrogens is 268 g/mol. The number of hydrogen-bond donors (Lipinski definition) is 2. The lowest BCUT2D eigenvalue weighted by Crippen LogP contribution is -2.26. The van der Waals surface area contributed by atoms with E-state index in [-0.39, 0.29) is 0 Å². The van der Waals surface area contributed by atoms with E-state index in [2.05, 4.69) is 42.5 Å². The Balaban J connectivity index is 1.81. The van der Waals surface area contributed by atoms with Crippen molar-refractivity contribution in [3.05, 3.63) is 59.2 Å². The fourth-order valence-electron chi connectivity index (χ4n) is 4.44. The van der Waals surface area contributed by atoms with Crippen LogP contribution in [0.1, 0.15) is 54.2 Å². The molecule has 0 aromatic heterocycles. The zero-order chi connectivity index (χ0) is 15.1. The molecule has 0 saturated heterocycles. The first-order chi connectivity index (χ1) is 10.8. The van der Waals surface area contributed by atoms with Gasteiger partial charge in [0.15, 0.2) is 0 Å². The van der Waals surface area contributed by atoms with Crippen LogP contribution >= 0.6 is 0 Å². The second-order valence-corrected chi connectivity index (χ2v) is 6.80. The van der Waals surface area contributed by atoms with Crippen LogP contribution in [0.2, 0.25) is 0 Å². The molecule has 2 nitrogen and oxygen atoms in total. The lowest BCUT2D eigenvalue weighted by Gasteiger charge is -2.29. The second-order valence-electron chi connectivity index (χ2n) is 6.80. The Kier molecular flexibility index (Phi) is 3.51. The molecule has 0 heterocycles. The van der Waals surface area contributed by atoms with Crippen LogP contribution in [0.3, 0.4) is 0 Å². The van der Waals surface area contributed by atoms with Crippen LogP contribution in [0, 0.1) is 0 Å². The highest BCUT2D eigenvalue weighted by atomic mass is 14.6.